The lowest BCUT2D eigenvalue weighted by Gasteiger charge is -1.98. The molecule has 3 aromatic rings. The van der Waals surface area contributed by atoms with Gasteiger partial charge in [-0.25, -0.2) is 4.98 Å². The fourth-order valence-electron chi connectivity index (χ4n) is 2.63. The van der Waals surface area contributed by atoms with Crippen LogP contribution in [-0.4, -0.2) is 26.8 Å². The highest BCUT2D eigenvalue weighted by atomic mass is 32.1. The number of anilines is 1. The Morgan fingerprint density at radius 3 is 3.04 bits per heavy atom. The van der Waals surface area contributed by atoms with E-state index in [1.807, 2.05) is 35.8 Å². The third-order valence-electron chi connectivity index (χ3n) is 3.96. The molecule has 0 spiro atoms. The predicted octanol–water partition coefficient (Wildman–Crippen LogP) is 2.90. The van der Waals surface area contributed by atoms with E-state index in [4.69, 9.17) is 0 Å². The zero-order valence-electron chi connectivity index (χ0n) is 11.9. The van der Waals surface area contributed by atoms with Crippen LogP contribution in [0.2, 0.25) is 0 Å². The van der Waals surface area contributed by atoms with E-state index in [1.54, 1.807) is 0 Å². The van der Waals surface area contributed by atoms with E-state index in [-0.39, 0.29) is 5.91 Å². The molecule has 1 aromatic carbocycles. The summed E-state index contributed by atoms with van der Waals surface area (Å²) in [5.41, 5.74) is 2.75. The smallest absolute Gasteiger partial charge is 0.236 e. The van der Waals surface area contributed by atoms with Gasteiger partial charge in [-0.15, -0.1) is 11.3 Å². The number of aromatic nitrogens is 2. The highest BCUT2D eigenvalue weighted by Crippen LogP contribution is 2.35. The number of nitro groups is 1. The van der Waals surface area contributed by atoms with Gasteiger partial charge in [0.25, 0.3) is 0 Å². The van der Waals surface area contributed by atoms with Crippen LogP contribution < -0.4 is 5.32 Å². The van der Waals surface area contributed by atoms with Crippen LogP contribution in [0.1, 0.15) is 6.42 Å². The number of nitrogens with zero attached hydrogens (tertiary/aromatic N) is 2. The molecule has 0 unspecified atom stereocenters. The first-order chi connectivity index (χ1) is 11.1. The van der Waals surface area contributed by atoms with Crippen molar-refractivity contribution in [2.45, 2.75) is 12.5 Å². The van der Waals surface area contributed by atoms with Crippen molar-refractivity contribution in [3.63, 3.8) is 0 Å². The minimum Gasteiger partial charge on any atom is -0.360 e. The van der Waals surface area contributed by atoms with E-state index >= 15 is 0 Å². The fourth-order valence-corrected chi connectivity index (χ4v) is 3.35. The second-order valence-electron chi connectivity index (χ2n) is 5.47. The number of nitrogens with one attached hydrogen (secondary N) is 2. The van der Waals surface area contributed by atoms with Crippen molar-refractivity contribution in [1.82, 2.24) is 9.97 Å². The number of hydrogen-bond donors (Lipinski definition) is 2. The molecule has 0 saturated heterocycles. The van der Waals surface area contributed by atoms with Crippen LogP contribution in [-0.2, 0) is 4.79 Å². The third kappa shape index (κ3) is 2.46. The number of aromatic amines is 1. The molecule has 1 aliphatic carbocycles. The predicted molar refractivity (Wildman–Crippen MR) is 86.9 cm³/mol. The first-order valence-electron chi connectivity index (χ1n) is 7.10. The van der Waals surface area contributed by atoms with Gasteiger partial charge < -0.3 is 10.3 Å². The van der Waals surface area contributed by atoms with E-state index in [0.717, 1.165) is 22.2 Å². The number of carbonyl (C=O) groups is 1. The summed E-state index contributed by atoms with van der Waals surface area (Å²) < 4.78 is 0. The Morgan fingerprint density at radius 1 is 1.43 bits per heavy atom. The van der Waals surface area contributed by atoms with Crippen molar-refractivity contribution >= 4 is 33.3 Å². The van der Waals surface area contributed by atoms with E-state index in [9.17, 15) is 14.9 Å². The van der Waals surface area contributed by atoms with Crippen LogP contribution in [0.4, 0.5) is 5.13 Å². The molecular formula is C15H12N4O3S. The molecule has 1 fully saturated rings. The summed E-state index contributed by atoms with van der Waals surface area (Å²) in [6.07, 6.45) is 2.19. The van der Waals surface area contributed by atoms with E-state index < -0.39 is 16.9 Å². The topological polar surface area (TPSA) is 101 Å². The maximum Gasteiger partial charge on any atom is 0.236 e. The largest absolute Gasteiger partial charge is 0.360 e. The summed E-state index contributed by atoms with van der Waals surface area (Å²) in [6.45, 7) is 0. The van der Waals surface area contributed by atoms with Gasteiger partial charge in [-0.05, 0) is 6.07 Å². The van der Waals surface area contributed by atoms with Crippen molar-refractivity contribution in [2.75, 3.05) is 5.32 Å². The number of fused-ring (bicyclic) bond motifs is 1. The molecule has 7 nitrogen and oxygen atoms in total. The first kappa shape index (κ1) is 13.9. The Morgan fingerprint density at radius 2 is 2.26 bits per heavy atom. The molecule has 116 valence electrons. The molecule has 1 saturated carbocycles. The van der Waals surface area contributed by atoms with Crippen molar-refractivity contribution in [2.24, 2.45) is 5.92 Å². The van der Waals surface area contributed by atoms with Crippen molar-refractivity contribution in [3.8, 4) is 11.3 Å². The van der Waals surface area contributed by atoms with Crippen molar-refractivity contribution in [3.05, 3.63) is 46.0 Å². The molecule has 2 aromatic heterocycles. The van der Waals surface area contributed by atoms with Gasteiger partial charge in [0.15, 0.2) is 5.13 Å². The number of para-hydroxylation sites is 1. The molecule has 1 aliphatic rings. The van der Waals surface area contributed by atoms with Crippen LogP contribution in [0.15, 0.2) is 35.8 Å². The van der Waals surface area contributed by atoms with Crippen LogP contribution in [0.25, 0.3) is 22.2 Å². The molecule has 2 atom stereocenters. The summed E-state index contributed by atoms with van der Waals surface area (Å²) in [5, 5.41) is 16.7. The molecule has 2 heterocycles. The summed E-state index contributed by atoms with van der Waals surface area (Å²) in [5.74, 6) is -0.864. The highest BCUT2D eigenvalue weighted by molar-refractivity contribution is 7.14. The third-order valence-corrected chi connectivity index (χ3v) is 4.72. The number of carbonyl (C=O) groups excluding carboxylic acids is 1. The minimum atomic E-state index is -0.747. The molecule has 2 N–H and O–H groups in total. The lowest BCUT2D eigenvalue weighted by atomic mass is 10.1. The molecule has 4 rings (SSSR count). The summed E-state index contributed by atoms with van der Waals surface area (Å²) in [4.78, 5) is 29.8. The monoisotopic (exact) mass is 328 g/mol. The lowest BCUT2D eigenvalue weighted by molar-refractivity contribution is -0.497. The maximum absolute atomic E-state index is 11.9. The van der Waals surface area contributed by atoms with Crippen LogP contribution in [0.3, 0.4) is 0 Å². The number of benzene rings is 1. The molecule has 0 bridgehead atoms. The normalized spacial score (nSPS) is 19.7. The fraction of sp³-hybridized carbons (Fsp3) is 0.200. The molecule has 23 heavy (non-hydrogen) atoms. The number of hydrogen-bond acceptors (Lipinski definition) is 5. The second kappa shape index (κ2) is 5.17. The second-order valence-corrected chi connectivity index (χ2v) is 6.33. The quantitative estimate of drug-likeness (QED) is 0.568. The Labute approximate surface area is 134 Å². The van der Waals surface area contributed by atoms with Gasteiger partial charge in [0.05, 0.1) is 5.69 Å². The number of thiazole rings is 1. The molecule has 0 aliphatic heterocycles. The minimum absolute atomic E-state index is 0.305. The Bertz CT molecular complexity index is 916. The van der Waals surface area contributed by atoms with Crippen molar-refractivity contribution in [1.29, 1.82) is 0 Å². The van der Waals surface area contributed by atoms with E-state index in [2.05, 4.69) is 15.3 Å². The van der Waals surface area contributed by atoms with E-state index in [1.165, 1.54) is 11.3 Å². The Kier molecular flexibility index (Phi) is 3.12. The zero-order valence-corrected chi connectivity index (χ0v) is 12.7. The first-order valence-corrected chi connectivity index (χ1v) is 7.98. The highest BCUT2D eigenvalue weighted by Gasteiger charge is 2.53. The van der Waals surface area contributed by atoms with Gasteiger partial charge in [0.2, 0.25) is 11.9 Å². The average molecular weight is 328 g/mol. The molecular weight excluding hydrogens is 316 g/mol. The number of amides is 1. The maximum atomic E-state index is 11.9. The Balaban J connectivity index is 1.53. The summed E-state index contributed by atoms with van der Waals surface area (Å²) in [6, 6.07) is 7.16. The van der Waals surface area contributed by atoms with Gasteiger partial charge in [-0.2, -0.15) is 0 Å². The number of H-pyrrole nitrogens is 1. The zero-order chi connectivity index (χ0) is 16.0. The standard InChI is InChI=1S/C15H12N4O3S/c20-14(9-5-13(9)19(21)22)18-15-17-12(7-23-15)10-6-16-11-4-2-1-3-8(10)11/h1-4,6-7,9,13,16H,5H2,(H,17,18,20)/t9-,13-/m1/s1. The van der Waals surface area contributed by atoms with Crippen LogP contribution >= 0.6 is 11.3 Å². The van der Waals surface area contributed by atoms with Crippen LogP contribution in [0, 0.1) is 16.0 Å². The summed E-state index contributed by atoms with van der Waals surface area (Å²) >= 11 is 1.31. The Hall–Kier alpha value is -2.74. The van der Waals surface area contributed by atoms with Gasteiger partial charge in [0.1, 0.15) is 5.92 Å². The van der Waals surface area contributed by atoms with Crippen LogP contribution in [0.5, 0.6) is 0 Å². The summed E-state index contributed by atoms with van der Waals surface area (Å²) in [7, 11) is 0. The van der Waals surface area contributed by atoms with Gasteiger partial charge in [-0.3, -0.25) is 14.9 Å². The number of rotatable bonds is 4. The van der Waals surface area contributed by atoms with E-state index in [0.29, 0.717) is 11.6 Å². The molecule has 1 amide bonds. The van der Waals surface area contributed by atoms with Crippen molar-refractivity contribution < 1.29 is 9.72 Å². The molecule has 8 heteroatoms. The van der Waals surface area contributed by atoms with Gasteiger partial charge in [0, 0.05) is 39.4 Å². The average Bonchev–Trinajstić information content (AvgIpc) is 3.05. The lowest BCUT2D eigenvalue weighted by Crippen LogP contribution is -2.18. The van der Waals surface area contributed by atoms with Gasteiger partial charge in [-0.1, -0.05) is 18.2 Å². The molecule has 0 radical (unpaired) electrons. The van der Waals surface area contributed by atoms with Gasteiger partial charge >= 0.3 is 0 Å². The SMILES string of the molecule is O=C(Nc1nc(-c2c[nH]c3ccccc23)cs1)[C@@H]1C[C@H]1[N+](=O)[O-].